The minimum absolute atomic E-state index is 0.490. The molecule has 0 aliphatic heterocycles. The van der Waals surface area contributed by atoms with Crippen LogP contribution in [0.1, 0.15) is 30.0 Å². The molecule has 2 rings (SSSR count). The maximum absolute atomic E-state index is 9.68. The van der Waals surface area contributed by atoms with Gasteiger partial charge in [0.05, 0.1) is 11.8 Å². The number of hydrogen-bond donors (Lipinski definition) is 1. The van der Waals surface area contributed by atoms with Gasteiger partial charge in [0.1, 0.15) is 5.76 Å². The van der Waals surface area contributed by atoms with Crippen molar-refractivity contribution in [1.82, 2.24) is 4.98 Å². The molecule has 0 spiro atoms. The van der Waals surface area contributed by atoms with Crippen LogP contribution in [0.2, 0.25) is 0 Å². The summed E-state index contributed by atoms with van der Waals surface area (Å²) >= 11 is 1.44. The molecule has 0 radical (unpaired) electrons. The van der Waals surface area contributed by atoms with E-state index >= 15 is 0 Å². The van der Waals surface area contributed by atoms with Gasteiger partial charge in [-0.25, -0.2) is 4.98 Å². The Morgan fingerprint density at radius 1 is 1.29 bits per heavy atom. The van der Waals surface area contributed by atoms with Crippen LogP contribution in [0.15, 0.2) is 38.8 Å². The predicted molar refractivity (Wildman–Crippen MR) is 67.2 cm³/mol. The molecule has 0 amide bonds. The van der Waals surface area contributed by atoms with E-state index in [0.29, 0.717) is 5.22 Å². The minimum atomic E-state index is -0.490. The molecule has 1 N–H and O–H groups in total. The molecule has 0 unspecified atom stereocenters. The molecule has 1 atom stereocenters. The van der Waals surface area contributed by atoms with E-state index in [2.05, 4.69) is 4.98 Å². The molecule has 1 aromatic carbocycles. The lowest BCUT2D eigenvalue weighted by Crippen LogP contribution is -1.93. The molecule has 2 aromatic rings. The van der Waals surface area contributed by atoms with Gasteiger partial charge < -0.3 is 9.52 Å². The number of oxazole rings is 1. The van der Waals surface area contributed by atoms with E-state index in [9.17, 15) is 5.11 Å². The smallest absolute Gasteiger partial charge is 0.261 e. The van der Waals surface area contributed by atoms with Crippen molar-refractivity contribution in [3.63, 3.8) is 0 Å². The molecule has 0 saturated carbocycles. The molecule has 0 fully saturated rings. The summed E-state index contributed by atoms with van der Waals surface area (Å²) in [5.74, 6) is 0.835. The van der Waals surface area contributed by atoms with E-state index in [1.54, 1.807) is 6.92 Å². The van der Waals surface area contributed by atoms with Crippen molar-refractivity contribution in [2.24, 2.45) is 0 Å². The number of aliphatic hydroxyl groups is 1. The fourth-order valence-electron chi connectivity index (χ4n) is 1.50. The number of aryl methyl sites for hydroxylation is 2. The zero-order chi connectivity index (χ0) is 12.4. The van der Waals surface area contributed by atoms with Gasteiger partial charge in [-0.2, -0.15) is 0 Å². The van der Waals surface area contributed by atoms with Gasteiger partial charge in [0.25, 0.3) is 5.22 Å². The lowest BCUT2D eigenvalue weighted by molar-refractivity contribution is 0.196. The Morgan fingerprint density at radius 3 is 2.59 bits per heavy atom. The van der Waals surface area contributed by atoms with Crippen LogP contribution in [0.3, 0.4) is 0 Å². The van der Waals surface area contributed by atoms with Crippen molar-refractivity contribution in [2.75, 3.05) is 0 Å². The van der Waals surface area contributed by atoms with Crippen molar-refractivity contribution < 1.29 is 9.52 Å². The molecular weight excluding hydrogens is 234 g/mol. The van der Waals surface area contributed by atoms with Gasteiger partial charge in [-0.15, -0.1) is 0 Å². The Balaban J connectivity index is 2.29. The number of rotatable bonds is 3. The van der Waals surface area contributed by atoms with Crippen LogP contribution >= 0.6 is 11.8 Å². The molecule has 17 heavy (non-hydrogen) atoms. The molecule has 1 aromatic heterocycles. The maximum Gasteiger partial charge on any atom is 0.261 e. The first-order valence-corrected chi connectivity index (χ1v) is 6.28. The standard InChI is InChI=1S/C13H15NO2S/c1-8-10(3)16-13(14-8)17-12-7-5-4-6-11(12)9(2)15/h4-7,9,15H,1-3H3/t9-/m0/s1. The van der Waals surface area contributed by atoms with E-state index in [1.165, 1.54) is 11.8 Å². The number of hydrogen-bond acceptors (Lipinski definition) is 4. The zero-order valence-corrected chi connectivity index (χ0v) is 10.9. The molecular formula is C13H15NO2S. The van der Waals surface area contributed by atoms with Gasteiger partial charge in [0.2, 0.25) is 0 Å². The van der Waals surface area contributed by atoms with Gasteiger partial charge in [0, 0.05) is 4.90 Å². The average Bonchev–Trinajstić information content (AvgIpc) is 2.58. The van der Waals surface area contributed by atoms with Crippen molar-refractivity contribution >= 4 is 11.8 Å². The van der Waals surface area contributed by atoms with Crippen LogP contribution in [0.25, 0.3) is 0 Å². The summed E-state index contributed by atoms with van der Waals surface area (Å²) in [4.78, 5) is 5.30. The molecule has 3 nitrogen and oxygen atoms in total. The molecule has 90 valence electrons. The van der Waals surface area contributed by atoms with E-state index in [1.807, 2.05) is 38.1 Å². The first kappa shape index (κ1) is 12.2. The Morgan fingerprint density at radius 2 is 2.00 bits per heavy atom. The van der Waals surface area contributed by atoms with Crippen LogP contribution in [0, 0.1) is 13.8 Å². The zero-order valence-electron chi connectivity index (χ0n) is 10.1. The van der Waals surface area contributed by atoms with E-state index in [0.717, 1.165) is 21.9 Å². The predicted octanol–water partition coefficient (Wildman–Crippen LogP) is 3.50. The number of aromatic nitrogens is 1. The number of nitrogens with zero attached hydrogens (tertiary/aromatic N) is 1. The number of aliphatic hydroxyl groups excluding tert-OH is 1. The minimum Gasteiger partial charge on any atom is -0.436 e. The topological polar surface area (TPSA) is 46.3 Å². The monoisotopic (exact) mass is 249 g/mol. The molecule has 0 saturated heterocycles. The van der Waals surface area contributed by atoms with Gasteiger partial charge in [-0.3, -0.25) is 0 Å². The summed E-state index contributed by atoms with van der Waals surface area (Å²) in [6.45, 7) is 5.57. The summed E-state index contributed by atoms with van der Waals surface area (Å²) in [5.41, 5.74) is 1.80. The fourth-order valence-corrected chi connectivity index (χ4v) is 2.54. The summed E-state index contributed by atoms with van der Waals surface area (Å²) in [6.07, 6.45) is -0.490. The second-order valence-electron chi connectivity index (χ2n) is 3.94. The Labute approximate surface area is 105 Å². The van der Waals surface area contributed by atoms with Crippen LogP contribution in [-0.4, -0.2) is 10.1 Å². The van der Waals surface area contributed by atoms with E-state index in [4.69, 9.17) is 4.42 Å². The third-order valence-electron chi connectivity index (χ3n) is 2.58. The van der Waals surface area contributed by atoms with Gasteiger partial charge >= 0.3 is 0 Å². The summed E-state index contributed by atoms with van der Waals surface area (Å²) in [5, 5.41) is 10.3. The van der Waals surface area contributed by atoms with Gasteiger partial charge in [0.15, 0.2) is 0 Å². The molecule has 4 heteroatoms. The van der Waals surface area contributed by atoms with Gasteiger partial charge in [-0.05, 0) is 44.2 Å². The van der Waals surface area contributed by atoms with Crippen LogP contribution < -0.4 is 0 Å². The van der Waals surface area contributed by atoms with Crippen LogP contribution in [0.5, 0.6) is 0 Å². The first-order chi connectivity index (χ1) is 8.08. The van der Waals surface area contributed by atoms with Crippen molar-refractivity contribution in [3.05, 3.63) is 41.3 Å². The maximum atomic E-state index is 9.68. The molecule has 0 aliphatic carbocycles. The van der Waals surface area contributed by atoms with Crippen molar-refractivity contribution in [2.45, 2.75) is 37.0 Å². The second kappa shape index (κ2) is 4.94. The largest absolute Gasteiger partial charge is 0.436 e. The van der Waals surface area contributed by atoms with E-state index in [-0.39, 0.29) is 0 Å². The van der Waals surface area contributed by atoms with Crippen LogP contribution in [-0.2, 0) is 0 Å². The lowest BCUT2D eigenvalue weighted by atomic mass is 10.1. The lowest BCUT2D eigenvalue weighted by Gasteiger charge is -2.09. The first-order valence-electron chi connectivity index (χ1n) is 5.47. The molecule has 1 heterocycles. The quantitative estimate of drug-likeness (QED) is 0.904. The summed E-state index contributed by atoms with van der Waals surface area (Å²) < 4.78 is 5.52. The van der Waals surface area contributed by atoms with E-state index < -0.39 is 6.10 Å². The second-order valence-corrected chi connectivity index (χ2v) is 4.93. The Hall–Kier alpha value is -1.26. The highest BCUT2D eigenvalue weighted by Crippen LogP contribution is 2.33. The Kier molecular flexibility index (Phi) is 3.54. The highest BCUT2D eigenvalue weighted by atomic mass is 32.2. The summed E-state index contributed by atoms with van der Waals surface area (Å²) in [7, 11) is 0. The third kappa shape index (κ3) is 2.70. The third-order valence-corrected chi connectivity index (χ3v) is 3.52. The highest BCUT2D eigenvalue weighted by molar-refractivity contribution is 7.99. The summed E-state index contributed by atoms with van der Waals surface area (Å²) in [6, 6.07) is 7.73. The number of benzene rings is 1. The van der Waals surface area contributed by atoms with Crippen LogP contribution in [0.4, 0.5) is 0 Å². The highest BCUT2D eigenvalue weighted by Gasteiger charge is 2.12. The molecule has 0 aliphatic rings. The molecule has 0 bridgehead atoms. The normalized spacial score (nSPS) is 12.7. The van der Waals surface area contributed by atoms with Gasteiger partial charge in [-0.1, -0.05) is 18.2 Å². The Bertz CT molecular complexity index is 500. The van der Waals surface area contributed by atoms with Crippen molar-refractivity contribution in [3.8, 4) is 0 Å². The SMILES string of the molecule is Cc1nc(Sc2ccccc2[C@H](C)O)oc1C. The average molecular weight is 249 g/mol. The fraction of sp³-hybridized carbons (Fsp3) is 0.308. The van der Waals surface area contributed by atoms with Crippen molar-refractivity contribution in [1.29, 1.82) is 0 Å².